The topological polar surface area (TPSA) is 69.6 Å². The van der Waals surface area contributed by atoms with Gasteiger partial charge in [-0.25, -0.2) is 4.79 Å². The van der Waals surface area contributed by atoms with E-state index < -0.39 is 5.97 Å². The fraction of sp³-hybridized carbons (Fsp3) is 0.429. The van der Waals surface area contributed by atoms with E-state index in [9.17, 15) is 9.59 Å². The Bertz CT molecular complexity index is 521. The van der Waals surface area contributed by atoms with Gasteiger partial charge < -0.3 is 15.3 Å². The molecule has 0 radical (unpaired) electrons. The smallest absolute Gasteiger partial charge is 0.322 e. The molecule has 0 fully saturated rings. The Balaban J connectivity index is 2.67. The van der Waals surface area contributed by atoms with E-state index in [1.165, 1.54) is 0 Å². The lowest BCUT2D eigenvalue weighted by Crippen LogP contribution is -2.40. The molecule has 0 atom stereocenters. The zero-order chi connectivity index (χ0) is 16.0. The first-order chi connectivity index (χ1) is 9.81. The van der Waals surface area contributed by atoms with Gasteiger partial charge in [0.05, 0.1) is 10.0 Å². The van der Waals surface area contributed by atoms with Crippen molar-refractivity contribution in [1.82, 2.24) is 4.90 Å². The first-order valence-electron chi connectivity index (χ1n) is 6.55. The molecule has 0 spiro atoms. The van der Waals surface area contributed by atoms with E-state index in [1.54, 1.807) is 23.1 Å². The van der Waals surface area contributed by atoms with E-state index in [1.807, 2.05) is 13.8 Å². The number of hydrogen-bond donors (Lipinski definition) is 2. The molecule has 21 heavy (non-hydrogen) atoms. The SMILES string of the molecule is CC(C)N(CCCC(=O)O)C(=O)Nc1ccc(Cl)c(Cl)c1. The summed E-state index contributed by atoms with van der Waals surface area (Å²) in [5.74, 6) is -0.872. The van der Waals surface area contributed by atoms with Crippen LogP contribution in [-0.2, 0) is 4.79 Å². The molecule has 0 aromatic heterocycles. The van der Waals surface area contributed by atoms with Gasteiger partial charge in [-0.15, -0.1) is 0 Å². The molecule has 0 saturated heterocycles. The maximum atomic E-state index is 12.2. The van der Waals surface area contributed by atoms with E-state index in [2.05, 4.69) is 5.32 Å². The summed E-state index contributed by atoms with van der Waals surface area (Å²) in [7, 11) is 0. The molecule has 2 amide bonds. The van der Waals surface area contributed by atoms with Gasteiger partial charge in [-0.1, -0.05) is 23.2 Å². The van der Waals surface area contributed by atoms with Crippen molar-refractivity contribution in [2.75, 3.05) is 11.9 Å². The van der Waals surface area contributed by atoms with Gasteiger partial charge in [0.15, 0.2) is 0 Å². The number of rotatable bonds is 6. The molecule has 5 nitrogen and oxygen atoms in total. The van der Waals surface area contributed by atoms with Crippen LogP contribution in [0.5, 0.6) is 0 Å². The largest absolute Gasteiger partial charge is 0.481 e. The average molecular weight is 333 g/mol. The van der Waals surface area contributed by atoms with E-state index in [0.717, 1.165) is 0 Å². The van der Waals surface area contributed by atoms with Crippen LogP contribution in [0.3, 0.4) is 0 Å². The van der Waals surface area contributed by atoms with Crippen LogP contribution in [0.15, 0.2) is 18.2 Å². The summed E-state index contributed by atoms with van der Waals surface area (Å²) < 4.78 is 0. The van der Waals surface area contributed by atoms with E-state index in [0.29, 0.717) is 28.7 Å². The summed E-state index contributed by atoms with van der Waals surface area (Å²) in [5, 5.41) is 12.1. The number of aliphatic carboxylic acids is 1. The quantitative estimate of drug-likeness (QED) is 0.823. The Hall–Kier alpha value is -1.46. The molecule has 2 N–H and O–H groups in total. The number of carbonyl (C=O) groups excluding carboxylic acids is 1. The summed E-state index contributed by atoms with van der Waals surface area (Å²) in [6.45, 7) is 4.11. The van der Waals surface area contributed by atoms with Crippen molar-refractivity contribution in [1.29, 1.82) is 0 Å². The Morgan fingerprint density at radius 2 is 1.95 bits per heavy atom. The zero-order valence-electron chi connectivity index (χ0n) is 11.9. The molecule has 0 saturated carbocycles. The van der Waals surface area contributed by atoms with Crippen LogP contribution in [0, 0.1) is 0 Å². The lowest BCUT2D eigenvalue weighted by Gasteiger charge is -2.26. The van der Waals surface area contributed by atoms with E-state index in [4.69, 9.17) is 28.3 Å². The minimum absolute atomic E-state index is 0.0310. The monoisotopic (exact) mass is 332 g/mol. The number of hydrogen-bond acceptors (Lipinski definition) is 2. The third-order valence-corrected chi connectivity index (χ3v) is 3.58. The van der Waals surface area contributed by atoms with Gasteiger partial charge in [0, 0.05) is 24.7 Å². The number of carbonyl (C=O) groups is 2. The van der Waals surface area contributed by atoms with Crippen LogP contribution in [0.2, 0.25) is 10.0 Å². The van der Waals surface area contributed by atoms with Gasteiger partial charge in [-0.3, -0.25) is 4.79 Å². The van der Waals surface area contributed by atoms with Crippen molar-refractivity contribution in [3.63, 3.8) is 0 Å². The number of amides is 2. The molecular weight excluding hydrogens is 315 g/mol. The van der Waals surface area contributed by atoms with E-state index in [-0.39, 0.29) is 18.5 Å². The second-order valence-electron chi connectivity index (χ2n) is 4.84. The molecule has 0 unspecified atom stereocenters. The maximum absolute atomic E-state index is 12.2. The first kappa shape index (κ1) is 17.6. The number of urea groups is 1. The van der Waals surface area contributed by atoms with Gasteiger partial charge in [-0.2, -0.15) is 0 Å². The normalized spacial score (nSPS) is 10.5. The molecule has 1 rings (SSSR count). The zero-order valence-corrected chi connectivity index (χ0v) is 13.4. The summed E-state index contributed by atoms with van der Waals surface area (Å²) in [5.41, 5.74) is 0.540. The van der Waals surface area contributed by atoms with Crippen LogP contribution >= 0.6 is 23.2 Å². The van der Waals surface area contributed by atoms with Crippen LogP contribution in [0.1, 0.15) is 26.7 Å². The summed E-state index contributed by atoms with van der Waals surface area (Å²) in [6.07, 6.45) is 0.436. The highest BCUT2D eigenvalue weighted by Crippen LogP contribution is 2.25. The summed E-state index contributed by atoms with van der Waals surface area (Å²) in [6, 6.07) is 4.48. The van der Waals surface area contributed by atoms with Gasteiger partial charge >= 0.3 is 12.0 Å². The van der Waals surface area contributed by atoms with Crippen molar-refractivity contribution < 1.29 is 14.7 Å². The summed E-state index contributed by atoms with van der Waals surface area (Å²) in [4.78, 5) is 24.3. The van der Waals surface area contributed by atoms with Crippen molar-refractivity contribution >= 4 is 40.9 Å². The molecule has 0 aliphatic carbocycles. The highest BCUT2D eigenvalue weighted by molar-refractivity contribution is 6.42. The Kier molecular flexibility index (Phi) is 6.78. The molecule has 7 heteroatoms. The number of benzene rings is 1. The predicted octanol–water partition coefficient (Wildman–Crippen LogP) is 4.10. The molecule has 0 aliphatic rings. The van der Waals surface area contributed by atoms with E-state index >= 15 is 0 Å². The van der Waals surface area contributed by atoms with Gasteiger partial charge in [0.2, 0.25) is 0 Å². The number of nitrogens with zero attached hydrogens (tertiary/aromatic N) is 1. The molecule has 116 valence electrons. The average Bonchev–Trinajstić information content (AvgIpc) is 2.38. The molecule has 0 bridgehead atoms. The molecular formula is C14H18Cl2N2O3. The van der Waals surface area contributed by atoms with Crippen LogP contribution in [0.25, 0.3) is 0 Å². The van der Waals surface area contributed by atoms with Crippen LogP contribution < -0.4 is 5.32 Å². The minimum Gasteiger partial charge on any atom is -0.481 e. The number of carboxylic acid groups (broad SMARTS) is 1. The van der Waals surface area contributed by atoms with Gasteiger partial charge in [-0.05, 0) is 38.5 Å². The Morgan fingerprint density at radius 3 is 2.48 bits per heavy atom. The first-order valence-corrected chi connectivity index (χ1v) is 7.31. The second kappa shape index (κ2) is 8.10. The van der Waals surface area contributed by atoms with Crippen LogP contribution in [-0.4, -0.2) is 34.6 Å². The maximum Gasteiger partial charge on any atom is 0.322 e. The lowest BCUT2D eigenvalue weighted by molar-refractivity contribution is -0.137. The van der Waals surface area contributed by atoms with Gasteiger partial charge in [0.25, 0.3) is 0 Å². The number of carboxylic acids is 1. The molecule has 0 heterocycles. The van der Waals surface area contributed by atoms with Gasteiger partial charge in [0.1, 0.15) is 0 Å². The Labute approximate surface area is 133 Å². The van der Waals surface area contributed by atoms with Crippen molar-refractivity contribution in [2.24, 2.45) is 0 Å². The van der Waals surface area contributed by atoms with Crippen molar-refractivity contribution in [3.05, 3.63) is 28.2 Å². The third kappa shape index (κ3) is 5.81. The minimum atomic E-state index is -0.872. The third-order valence-electron chi connectivity index (χ3n) is 2.84. The molecule has 0 aliphatic heterocycles. The molecule has 1 aromatic carbocycles. The Morgan fingerprint density at radius 1 is 1.29 bits per heavy atom. The van der Waals surface area contributed by atoms with Crippen molar-refractivity contribution in [3.8, 4) is 0 Å². The number of halogens is 2. The fourth-order valence-electron chi connectivity index (χ4n) is 1.76. The summed E-state index contributed by atoms with van der Waals surface area (Å²) >= 11 is 11.7. The fourth-order valence-corrected chi connectivity index (χ4v) is 2.06. The van der Waals surface area contributed by atoms with Crippen molar-refractivity contribution in [2.45, 2.75) is 32.7 Å². The molecule has 1 aromatic rings. The highest BCUT2D eigenvalue weighted by atomic mass is 35.5. The second-order valence-corrected chi connectivity index (χ2v) is 5.66. The number of nitrogens with one attached hydrogen (secondary N) is 1. The standard InChI is InChI=1S/C14H18Cl2N2O3/c1-9(2)18(7-3-4-13(19)20)14(21)17-10-5-6-11(15)12(16)8-10/h5-6,8-9H,3-4,7H2,1-2H3,(H,17,21)(H,19,20). The number of anilines is 1. The lowest BCUT2D eigenvalue weighted by atomic mass is 10.2. The predicted molar refractivity (Wildman–Crippen MR) is 84.2 cm³/mol. The van der Waals surface area contributed by atoms with Crippen LogP contribution in [0.4, 0.5) is 10.5 Å². The highest BCUT2D eigenvalue weighted by Gasteiger charge is 2.17.